The molecule has 6 heteroatoms. The molecule has 120 valence electrons. The third-order valence-electron chi connectivity index (χ3n) is 2.91. The molecular weight excluding hydrogens is 401 g/mol. The highest BCUT2D eigenvalue weighted by Gasteiger charge is 2.07. The largest absolute Gasteiger partial charge is 0.489 e. The van der Waals surface area contributed by atoms with Crippen molar-refractivity contribution in [2.75, 3.05) is 13.6 Å². The third-order valence-corrected chi connectivity index (χ3v) is 3.14. The Hall–Kier alpha value is -0.690. The Morgan fingerprint density at radius 3 is 2.67 bits per heavy atom. The van der Waals surface area contributed by atoms with Gasteiger partial charge in [0.25, 0.3) is 0 Å². The second-order valence-corrected chi connectivity index (χ2v) is 5.23. The van der Waals surface area contributed by atoms with Crippen molar-refractivity contribution in [2.24, 2.45) is 4.99 Å². The average molecular weight is 426 g/mol. The molecule has 0 aromatic heterocycles. The molecular formula is C15H25ClIN3O. The van der Waals surface area contributed by atoms with Crippen molar-refractivity contribution in [3.8, 4) is 5.75 Å². The summed E-state index contributed by atoms with van der Waals surface area (Å²) in [5, 5.41) is 7.23. The van der Waals surface area contributed by atoms with Crippen molar-refractivity contribution in [1.82, 2.24) is 10.6 Å². The lowest BCUT2D eigenvalue weighted by atomic mass is 10.3. The van der Waals surface area contributed by atoms with Crippen LogP contribution in [0.4, 0.5) is 0 Å². The van der Waals surface area contributed by atoms with E-state index in [0.717, 1.165) is 18.1 Å². The summed E-state index contributed by atoms with van der Waals surface area (Å²) in [6.07, 6.45) is 1.07. The first-order chi connectivity index (χ1) is 9.55. The second-order valence-electron chi connectivity index (χ2n) is 4.79. The summed E-state index contributed by atoms with van der Waals surface area (Å²) in [5.41, 5.74) is 0. The van der Waals surface area contributed by atoms with E-state index in [4.69, 9.17) is 16.3 Å². The SMILES string of the molecule is CCC(C)NC(=NC)NCC(C)Oc1cccc(Cl)c1.I. The van der Waals surface area contributed by atoms with Gasteiger partial charge in [0.05, 0.1) is 6.54 Å². The van der Waals surface area contributed by atoms with Crippen molar-refractivity contribution >= 4 is 41.5 Å². The fourth-order valence-electron chi connectivity index (χ4n) is 1.58. The Kier molecular flexibility index (Phi) is 10.6. The predicted molar refractivity (Wildman–Crippen MR) is 101 cm³/mol. The molecule has 0 heterocycles. The maximum Gasteiger partial charge on any atom is 0.191 e. The number of guanidine groups is 1. The molecule has 1 rings (SSSR count). The van der Waals surface area contributed by atoms with Crippen LogP contribution < -0.4 is 15.4 Å². The Labute approximate surface area is 149 Å². The third kappa shape index (κ3) is 8.36. The Morgan fingerprint density at radius 2 is 2.10 bits per heavy atom. The maximum absolute atomic E-state index is 5.93. The number of hydrogen-bond acceptors (Lipinski definition) is 2. The molecule has 0 bridgehead atoms. The van der Waals surface area contributed by atoms with Gasteiger partial charge < -0.3 is 15.4 Å². The van der Waals surface area contributed by atoms with E-state index in [1.165, 1.54) is 0 Å². The first-order valence-electron chi connectivity index (χ1n) is 6.94. The van der Waals surface area contributed by atoms with Crippen LogP contribution in [0.3, 0.4) is 0 Å². The van der Waals surface area contributed by atoms with Crippen molar-refractivity contribution in [3.05, 3.63) is 29.3 Å². The lowest BCUT2D eigenvalue weighted by molar-refractivity contribution is 0.223. The van der Waals surface area contributed by atoms with Crippen LogP contribution in [0.2, 0.25) is 5.02 Å². The predicted octanol–water partition coefficient (Wildman–Crippen LogP) is 3.69. The zero-order valence-corrected chi connectivity index (χ0v) is 16.1. The van der Waals surface area contributed by atoms with E-state index in [0.29, 0.717) is 17.6 Å². The first kappa shape index (κ1) is 20.3. The molecule has 0 aliphatic rings. The van der Waals surface area contributed by atoms with Gasteiger partial charge in [0.1, 0.15) is 11.9 Å². The van der Waals surface area contributed by atoms with Crippen LogP contribution in [0.15, 0.2) is 29.3 Å². The fraction of sp³-hybridized carbons (Fsp3) is 0.533. The molecule has 0 fully saturated rings. The van der Waals surface area contributed by atoms with Crippen LogP contribution in [0, 0.1) is 0 Å². The molecule has 0 saturated heterocycles. The van der Waals surface area contributed by atoms with E-state index in [2.05, 4.69) is 29.5 Å². The normalized spacial score (nSPS) is 13.9. The number of nitrogens with zero attached hydrogens (tertiary/aromatic N) is 1. The summed E-state index contributed by atoms with van der Waals surface area (Å²) in [6, 6.07) is 7.81. The first-order valence-corrected chi connectivity index (χ1v) is 7.32. The number of halogens is 2. The molecule has 4 nitrogen and oxygen atoms in total. The van der Waals surface area contributed by atoms with E-state index in [1.54, 1.807) is 7.05 Å². The summed E-state index contributed by atoms with van der Waals surface area (Å²) >= 11 is 5.93. The number of rotatable bonds is 6. The molecule has 0 aliphatic heterocycles. The van der Waals surface area contributed by atoms with Gasteiger partial charge in [-0.1, -0.05) is 24.6 Å². The molecule has 0 spiro atoms. The van der Waals surface area contributed by atoms with Crippen LogP contribution in [-0.2, 0) is 0 Å². The molecule has 1 aromatic carbocycles. The monoisotopic (exact) mass is 425 g/mol. The maximum atomic E-state index is 5.93. The van der Waals surface area contributed by atoms with Crippen molar-refractivity contribution < 1.29 is 4.74 Å². The van der Waals surface area contributed by atoms with Gasteiger partial charge in [-0.05, 0) is 38.5 Å². The molecule has 1 aromatic rings. The molecule has 0 saturated carbocycles. The average Bonchev–Trinajstić information content (AvgIpc) is 2.43. The molecule has 2 N–H and O–H groups in total. The van der Waals surface area contributed by atoms with Gasteiger partial charge in [-0.25, -0.2) is 0 Å². The van der Waals surface area contributed by atoms with Crippen LogP contribution in [-0.4, -0.2) is 31.7 Å². The lowest BCUT2D eigenvalue weighted by Crippen LogP contribution is -2.45. The Balaban J connectivity index is 0.00000400. The van der Waals surface area contributed by atoms with Gasteiger partial charge in [-0.2, -0.15) is 0 Å². The van der Waals surface area contributed by atoms with Crippen molar-refractivity contribution in [1.29, 1.82) is 0 Å². The minimum Gasteiger partial charge on any atom is -0.489 e. The standard InChI is InChI=1S/C15H24ClN3O.HI/c1-5-11(2)19-15(17-4)18-10-12(3)20-14-8-6-7-13(16)9-14;/h6-9,11-12H,5,10H2,1-4H3,(H2,17,18,19);1H. The summed E-state index contributed by atoms with van der Waals surface area (Å²) in [6.45, 7) is 6.93. The van der Waals surface area contributed by atoms with Crippen LogP contribution >= 0.6 is 35.6 Å². The van der Waals surface area contributed by atoms with Gasteiger partial charge in [0.15, 0.2) is 5.96 Å². The van der Waals surface area contributed by atoms with E-state index in [9.17, 15) is 0 Å². The number of ether oxygens (including phenoxy) is 1. The van der Waals surface area contributed by atoms with Gasteiger partial charge in [0.2, 0.25) is 0 Å². The fourth-order valence-corrected chi connectivity index (χ4v) is 1.77. The highest BCUT2D eigenvalue weighted by Crippen LogP contribution is 2.18. The van der Waals surface area contributed by atoms with Crippen LogP contribution in [0.25, 0.3) is 0 Å². The minimum atomic E-state index is 0. The van der Waals surface area contributed by atoms with E-state index in [-0.39, 0.29) is 30.1 Å². The minimum absolute atomic E-state index is 0. The molecule has 0 radical (unpaired) electrons. The summed E-state index contributed by atoms with van der Waals surface area (Å²) in [7, 11) is 1.76. The van der Waals surface area contributed by atoms with E-state index < -0.39 is 0 Å². The molecule has 2 unspecified atom stereocenters. The van der Waals surface area contributed by atoms with E-state index in [1.807, 2.05) is 31.2 Å². The Bertz CT molecular complexity index is 443. The van der Waals surface area contributed by atoms with Crippen molar-refractivity contribution in [3.63, 3.8) is 0 Å². The molecule has 0 aliphatic carbocycles. The summed E-state index contributed by atoms with van der Waals surface area (Å²) in [5.74, 6) is 1.57. The highest BCUT2D eigenvalue weighted by molar-refractivity contribution is 14.0. The second kappa shape index (κ2) is 11.0. The van der Waals surface area contributed by atoms with Crippen LogP contribution in [0.5, 0.6) is 5.75 Å². The van der Waals surface area contributed by atoms with Crippen molar-refractivity contribution in [2.45, 2.75) is 39.3 Å². The van der Waals surface area contributed by atoms with Crippen LogP contribution in [0.1, 0.15) is 27.2 Å². The zero-order valence-electron chi connectivity index (χ0n) is 13.0. The number of hydrogen-bond donors (Lipinski definition) is 2. The number of aliphatic imine (C=N–C) groups is 1. The lowest BCUT2D eigenvalue weighted by Gasteiger charge is -2.20. The summed E-state index contributed by atoms with van der Waals surface area (Å²) < 4.78 is 5.79. The number of benzene rings is 1. The van der Waals surface area contributed by atoms with E-state index >= 15 is 0 Å². The Morgan fingerprint density at radius 1 is 1.38 bits per heavy atom. The topological polar surface area (TPSA) is 45.7 Å². The molecule has 2 atom stereocenters. The zero-order chi connectivity index (χ0) is 15.0. The number of nitrogens with one attached hydrogen (secondary N) is 2. The van der Waals surface area contributed by atoms with Gasteiger partial charge in [-0.3, -0.25) is 4.99 Å². The van der Waals surface area contributed by atoms with Gasteiger partial charge in [0, 0.05) is 18.1 Å². The quantitative estimate of drug-likeness (QED) is 0.415. The molecule has 0 amide bonds. The highest BCUT2D eigenvalue weighted by atomic mass is 127. The van der Waals surface area contributed by atoms with Gasteiger partial charge >= 0.3 is 0 Å². The van der Waals surface area contributed by atoms with Gasteiger partial charge in [-0.15, -0.1) is 24.0 Å². The summed E-state index contributed by atoms with van der Waals surface area (Å²) in [4.78, 5) is 4.19. The smallest absolute Gasteiger partial charge is 0.191 e. The molecule has 21 heavy (non-hydrogen) atoms.